The number of rotatable bonds is 3. The van der Waals surface area contributed by atoms with Gasteiger partial charge < -0.3 is 14.2 Å². The number of hydrogen-bond donors (Lipinski definition) is 0. The van der Waals surface area contributed by atoms with Gasteiger partial charge >= 0.3 is 17.9 Å². The van der Waals surface area contributed by atoms with Crippen LogP contribution in [0.15, 0.2) is 18.2 Å². The lowest BCUT2D eigenvalue weighted by atomic mass is 9.54. The van der Waals surface area contributed by atoms with Crippen LogP contribution < -0.4 is 0 Å². The Morgan fingerprint density at radius 1 is 1.00 bits per heavy atom. The molecule has 27 heavy (non-hydrogen) atoms. The van der Waals surface area contributed by atoms with Crippen LogP contribution in [0, 0.1) is 11.3 Å². The molecule has 0 aliphatic heterocycles. The number of methoxy groups -OCH3 is 3. The highest BCUT2D eigenvalue weighted by molar-refractivity contribution is 5.91. The van der Waals surface area contributed by atoms with Crippen LogP contribution in [0.1, 0.15) is 60.5 Å². The SMILES string of the molecule is COC(=O)c1ccc2c(c1)C(C(=O)OC)C1C(C)(C(=O)OC)CCCC21C. The van der Waals surface area contributed by atoms with E-state index in [2.05, 4.69) is 6.92 Å². The Kier molecular flexibility index (Phi) is 4.78. The number of ether oxygens (including phenoxy) is 3. The smallest absolute Gasteiger partial charge is 0.337 e. The van der Waals surface area contributed by atoms with Crippen molar-refractivity contribution >= 4 is 17.9 Å². The van der Waals surface area contributed by atoms with Crippen molar-refractivity contribution in [2.45, 2.75) is 44.4 Å². The summed E-state index contributed by atoms with van der Waals surface area (Å²) in [5, 5.41) is 0. The van der Waals surface area contributed by atoms with Crippen LogP contribution in [0.5, 0.6) is 0 Å². The molecule has 0 bridgehead atoms. The Labute approximate surface area is 159 Å². The minimum absolute atomic E-state index is 0.304. The maximum Gasteiger partial charge on any atom is 0.337 e. The van der Waals surface area contributed by atoms with Crippen molar-refractivity contribution in [1.82, 2.24) is 0 Å². The van der Waals surface area contributed by atoms with E-state index in [1.807, 2.05) is 13.0 Å². The summed E-state index contributed by atoms with van der Waals surface area (Å²) in [7, 11) is 4.05. The summed E-state index contributed by atoms with van der Waals surface area (Å²) < 4.78 is 15.1. The van der Waals surface area contributed by atoms with Gasteiger partial charge in [-0.1, -0.05) is 19.4 Å². The van der Waals surface area contributed by atoms with Crippen molar-refractivity contribution < 1.29 is 28.6 Å². The lowest BCUT2D eigenvalue weighted by molar-refractivity contribution is -0.164. The molecule has 2 aliphatic carbocycles. The Hall–Kier alpha value is -2.37. The fourth-order valence-electron chi connectivity index (χ4n) is 5.49. The van der Waals surface area contributed by atoms with E-state index < -0.39 is 23.3 Å². The van der Waals surface area contributed by atoms with Crippen molar-refractivity contribution in [3.05, 3.63) is 34.9 Å². The molecule has 0 saturated heterocycles. The molecule has 1 fully saturated rings. The lowest BCUT2D eigenvalue weighted by Gasteiger charge is -2.48. The third-order valence-electron chi connectivity index (χ3n) is 6.63. The first-order valence-electron chi connectivity index (χ1n) is 9.13. The highest BCUT2D eigenvalue weighted by atomic mass is 16.5. The fourth-order valence-corrected chi connectivity index (χ4v) is 5.49. The van der Waals surface area contributed by atoms with Gasteiger partial charge in [-0.3, -0.25) is 9.59 Å². The van der Waals surface area contributed by atoms with E-state index in [0.29, 0.717) is 12.0 Å². The molecule has 3 rings (SSSR count). The molecule has 0 N–H and O–H groups in total. The molecule has 1 aromatic carbocycles. The number of carbonyl (C=O) groups excluding carboxylic acids is 3. The lowest BCUT2D eigenvalue weighted by Crippen LogP contribution is -2.51. The second-order valence-corrected chi connectivity index (χ2v) is 7.95. The van der Waals surface area contributed by atoms with Gasteiger partial charge in [0.1, 0.15) is 0 Å². The van der Waals surface area contributed by atoms with Crippen LogP contribution in [0.4, 0.5) is 0 Å². The number of benzene rings is 1. The molecule has 1 aromatic rings. The third-order valence-corrected chi connectivity index (χ3v) is 6.63. The maximum absolute atomic E-state index is 12.8. The Morgan fingerprint density at radius 2 is 1.70 bits per heavy atom. The summed E-state index contributed by atoms with van der Waals surface area (Å²) in [5.74, 6) is -2.11. The van der Waals surface area contributed by atoms with Crippen molar-refractivity contribution in [1.29, 1.82) is 0 Å². The van der Waals surface area contributed by atoms with Gasteiger partial charge in [0.25, 0.3) is 0 Å². The van der Waals surface area contributed by atoms with Gasteiger partial charge in [0, 0.05) is 5.92 Å². The zero-order valence-electron chi connectivity index (χ0n) is 16.5. The van der Waals surface area contributed by atoms with E-state index in [1.54, 1.807) is 12.1 Å². The van der Waals surface area contributed by atoms with E-state index in [9.17, 15) is 14.4 Å². The van der Waals surface area contributed by atoms with Gasteiger partial charge in [-0.25, -0.2) is 4.79 Å². The standard InChI is InChI=1S/C21H26O6/c1-20-9-6-10-21(2,19(24)27-5)16(20)15(18(23)26-4)13-11-12(17(22)25-3)7-8-14(13)20/h7-8,11,15-16H,6,9-10H2,1-5H3. The Balaban J connectivity index is 2.24. The minimum atomic E-state index is -0.814. The molecular weight excluding hydrogens is 348 g/mol. The predicted octanol–water partition coefficient (Wildman–Crippen LogP) is 2.98. The molecule has 6 heteroatoms. The number of fused-ring (bicyclic) bond motifs is 3. The van der Waals surface area contributed by atoms with Gasteiger partial charge in [0.05, 0.1) is 38.2 Å². The average molecular weight is 374 g/mol. The van der Waals surface area contributed by atoms with Crippen LogP contribution in [-0.2, 0) is 29.2 Å². The molecule has 0 spiro atoms. The van der Waals surface area contributed by atoms with Gasteiger partial charge in [-0.2, -0.15) is 0 Å². The average Bonchev–Trinajstić information content (AvgIpc) is 2.95. The topological polar surface area (TPSA) is 78.9 Å². The number of hydrogen-bond acceptors (Lipinski definition) is 6. The van der Waals surface area contributed by atoms with Crippen LogP contribution in [0.3, 0.4) is 0 Å². The molecule has 1 saturated carbocycles. The minimum Gasteiger partial charge on any atom is -0.469 e. The third kappa shape index (κ3) is 2.65. The Bertz CT molecular complexity index is 800. The second-order valence-electron chi connectivity index (χ2n) is 7.95. The molecule has 0 aromatic heterocycles. The van der Waals surface area contributed by atoms with E-state index in [4.69, 9.17) is 14.2 Å². The number of esters is 3. The van der Waals surface area contributed by atoms with E-state index >= 15 is 0 Å². The zero-order chi connectivity index (χ0) is 20.0. The molecule has 146 valence electrons. The number of carbonyl (C=O) groups is 3. The first kappa shape index (κ1) is 19.4. The fraction of sp³-hybridized carbons (Fsp3) is 0.571. The van der Waals surface area contributed by atoms with Crippen molar-refractivity contribution in [3.63, 3.8) is 0 Å². The van der Waals surface area contributed by atoms with E-state index in [0.717, 1.165) is 24.0 Å². The molecular formula is C21H26O6. The molecule has 6 nitrogen and oxygen atoms in total. The first-order valence-corrected chi connectivity index (χ1v) is 9.13. The zero-order valence-corrected chi connectivity index (χ0v) is 16.5. The van der Waals surface area contributed by atoms with Crippen LogP contribution in [0.2, 0.25) is 0 Å². The summed E-state index contributed by atoms with van der Waals surface area (Å²) in [6.07, 6.45) is 2.35. The van der Waals surface area contributed by atoms with Crippen molar-refractivity contribution in [3.8, 4) is 0 Å². The molecule has 0 radical (unpaired) electrons. The summed E-state index contributed by atoms with van der Waals surface area (Å²) in [4.78, 5) is 37.6. The van der Waals surface area contributed by atoms with Gasteiger partial charge in [-0.05, 0) is 48.4 Å². The summed E-state index contributed by atoms with van der Waals surface area (Å²) in [6, 6.07) is 5.32. The summed E-state index contributed by atoms with van der Waals surface area (Å²) in [6.45, 7) is 3.97. The van der Waals surface area contributed by atoms with Gasteiger partial charge in [0.15, 0.2) is 0 Å². The molecule has 2 aliphatic rings. The van der Waals surface area contributed by atoms with Crippen LogP contribution in [0.25, 0.3) is 0 Å². The second kappa shape index (κ2) is 6.66. The Morgan fingerprint density at radius 3 is 2.30 bits per heavy atom. The van der Waals surface area contributed by atoms with Crippen molar-refractivity contribution in [2.75, 3.05) is 21.3 Å². The van der Waals surface area contributed by atoms with Gasteiger partial charge in [0.2, 0.25) is 0 Å². The maximum atomic E-state index is 12.8. The van der Waals surface area contributed by atoms with Crippen LogP contribution >= 0.6 is 0 Å². The van der Waals surface area contributed by atoms with E-state index in [-0.39, 0.29) is 17.3 Å². The quantitative estimate of drug-likeness (QED) is 0.598. The monoisotopic (exact) mass is 374 g/mol. The molecule has 4 atom stereocenters. The molecule has 4 unspecified atom stereocenters. The first-order chi connectivity index (χ1) is 12.7. The predicted molar refractivity (Wildman–Crippen MR) is 97.4 cm³/mol. The molecule has 0 amide bonds. The van der Waals surface area contributed by atoms with Crippen molar-refractivity contribution in [2.24, 2.45) is 11.3 Å². The molecule has 0 heterocycles. The normalized spacial score (nSPS) is 31.4. The van der Waals surface area contributed by atoms with Crippen LogP contribution in [-0.4, -0.2) is 39.2 Å². The highest BCUT2D eigenvalue weighted by Gasteiger charge is 2.63. The largest absolute Gasteiger partial charge is 0.469 e. The highest BCUT2D eigenvalue weighted by Crippen LogP contribution is 2.63. The summed E-state index contributed by atoms with van der Waals surface area (Å²) in [5.41, 5.74) is 0.918. The van der Waals surface area contributed by atoms with Gasteiger partial charge in [-0.15, -0.1) is 0 Å². The summed E-state index contributed by atoms with van der Waals surface area (Å²) >= 11 is 0. The van der Waals surface area contributed by atoms with E-state index in [1.165, 1.54) is 21.3 Å².